The van der Waals surface area contributed by atoms with Crippen molar-refractivity contribution < 1.29 is 9.84 Å². The van der Waals surface area contributed by atoms with Crippen LogP contribution in [0.2, 0.25) is 0 Å². The lowest BCUT2D eigenvalue weighted by atomic mass is 10.3. The Hall–Kier alpha value is -1.63. The largest absolute Gasteiger partial charge is 0.467 e. The average molecular weight is 213 g/mol. The Morgan fingerprint density at radius 2 is 2.13 bits per heavy atom. The molecule has 0 aliphatic heterocycles. The van der Waals surface area contributed by atoms with Crippen molar-refractivity contribution in [1.82, 2.24) is 15.0 Å². The van der Waals surface area contributed by atoms with Gasteiger partial charge >= 0.3 is 6.01 Å². The number of nitrogens with zero attached hydrogens (tertiary/aromatic N) is 3. The summed E-state index contributed by atoms with van der Waals surface area (Å²) in [6.07, 6.45) is 1.58. The van der Waals surface area contributed by atoms with Gasteiger partial charge in [-0.25, -0.2) is 0 Å². The molecule has 7 nitrogen and oxygen atoms in total. The minimum Gasteiger partial charge on any atom is -0.467 e. The van der Waals surface area contributed by atoms with Gasteiger partial charge in [-0.1, -0.05) is 0 Å². The topological polar surface area (TPSA) is 106 Å². The van der Waals surface area contributed by atoms with Crippen LogP contribution in [0.4, 0.5) is 11.9 Å². The number of aliphatic hydroxyl groups excluding tert-OH is 1. The molecule has 1 rings (SSSR count). The maximum absolute atomic E-state index is 8.58. The second-order valence-electron chi connectivity index (χ2n) is 2.86. The summed E-state index contributed by atoms with van der Waals surface area (Å²) in [6, 6.07) is 0.187. The predicted molar refractivity (Wildman–Crippen MR) is 55.6 cm³/mol. The second kappa shape index (κ2) is 5.97. The van der Waals surface area contributed by atoms with Crippen LogP contribution in [0.3, 0.4) is 0 Å². The Labute approximate surface area is 87.7 Å². The number of unbranched alkanes of at least 4 members (excludes halogenated alkanes) is 1. The number of methoxy groups -OCH3 is 1. The molecule has 0 amide bonds. The van der Waals surface area contributed by atoms with Gasteiger partial charge in [-0.2, -0.15) is 15.0 Å². The molecule has 1 heterocycles. The predicted octanol–water partition coefficient (Wildman–Crippen LogP) is -0.353. The summed E-state index contributed by atoms with van der Waals surface area (Å²) in [5, 5.41) is 11.5. The van der Waals surface area contributed by atoms with E-state index >= 15 is 0 Å². The molecule has 15 heavy (non-hydrogen) atoms. The molecule has 1 aromatic rings. The molecule has 7 heteroatoms. The fourth-order valence-corrected chi connectivity index (χ4v) is 0.979. The number of rotatable bonds is 6. The smallest absolute Gasteiger partial charge is 0.322 e. The van der Waals surface area contributed by atoms with Gasteiger partial charge in [0.15, 0.2) is 0 Å². The van der Waals surface area contributed by atoms with Crippen molar-refractivity contribution in [2.45, 2.75) is 12.8 Å². The minimum atomic E-state index is 0.117. The van der Waals surface area contributed by atoms with Crippen LogP contribution >= 0.6 is 0 Å². The van der Waals surface area contributed by atoms with Crippen LogP contribution in [0.1, 0.15) is 12.8 Å². The standard InChI is InChI=1S/C8H15N5O2/c1-15-8-12-6(9)11-7(13-8)10-4-2-3-5-14/h14H,2-5H2,1H3,(H3,9,10,11,12,13). The van der Waals surface area contributed by atoms with Crippen LogP contribution in [0.25, 0.3) is 0 Å². The first-order valence-electron chi connectivity index (χ1n) is 4.66. The first-order chi connectivity index (χ1) is 7.26. The van der Waals surface area contributed by atoms with Crippen molar-refractivity contribution in [3.8, 4) is 6.01 Å². The van der Waals surface area contributed by atoms with Gasteiger partial charge < -0.3 is 20.9 Å². The summed E-state index contributed by atoms with van der Waals surface area (Å²) in [5.41, 5.74) is 5.44. The highest BCUT2D eigenvalue weighted by molar-refractivity contribution is 5.32. The van der Waals surface area contributed by atoms with E-state index < -0.39 is 0 Å². The van der Waals surface area contributed by atoms with Crippen LogP contribution in [-0.2, 0) is 0 Å². The van der Waals surface area contributed by atoms with Gasteiger partial charge in [-0.15, -0.1) is 0 Å². The van der Waals surface area contributed by atoms with Crippen molar-refractivity contribution in [2.24, 2.45) is 0 Å². The Morgan fingerprint density at radius 3 is 2.80 bits per heavy atom. The van der Waals surface area contributed by atoms with Gasteiger partial charge in [-0.3, -0.25) is 0 Å². The van der Waals surface area contributed by atoms with Crippen molar-refractivity contribution in [1.29, 1.82) is 0 Å². The second-order valence-corrected chi connectivity index (χ2v) is 2.86. The third-order valence-electron chi connectivity index (χ3n) is 1.68. The molecule has 0 unspecified atom stereocenters. The van der Waals surface area contributed by atoms with E-state index in [0.29, 0.717) is 12.5 Å². The van der Waals surface area contributed by atoms with E-state index in [9.17, 15) is 0 Å². The molecule has 0 radical (unpaired) electrons. The quantitative estimate of drug-likeness (QED) is 0.554. The molecule has 0 bridgehead atoms. The first kappa shape index (κ1) is 11.4. The molecule has 0 aliphatic carbocycles. The van der Waals surface area contributed by atoms with Crippen LogP contribution < -0.4 is 15.8 Å². The number of hydrogen-bond acceptors (Lipinski definition) is 7. The van der Waals surface area contributed by atoms with E-state index in [0.717, 1.165) is 12.8 Å². The highest BCUT2D eigenvalue weighted by Gasteiger charge is 2.02. The Morgan fingerprint density at radius 1 is 1.33 bits per heavy atom. The van der Waals surface area contributed by atoms with Crippen LogP contribution in [-0.4, -0.2) is 40.3 Å². The number of aliphatic hydroxyl groups is 1. The molecular weight excluding hydrogens is 198 g/mol. The van der Waals surface area contributed by atoms with Gasteiger partial charge in [0.05, 0.1) is 7.11 Å². The third kappa shape index (κ3) is 3.94. The zero-order valence-electron chi connectivity index (χ0n) is 8.60. The molecule has 0 saturated heterocycles. The molecule has 0 aliphatic rings. The van der Waals surface area contributed by atoms with E-state index in [1.807, 2.05) is 0 Å². The van der Waals surface area contributed by atoms with E-state index in [4.69, 9.17) is 15.6 Å². The van der Waals surface area contributed by atoms with E-state index in [1.165, 1.54) is 7.11 Å². The Balaban J connectivity index is 2.49. The molecule has 0 spiro atoms. The van der Waals surface area contributed by atoms with Gasteiger partial charge in [0.2, 0.25) is 11.9 Å². The van der Waals surface area contributed by atoms with Crippen LogP contribution in [0, 0.1) is 0 Å². The molecular formula is C8H15N5O2. The summed E-state index contributed by atoms with van der Waals surface area (Å²) in [5.74, 6) is 0.504. The van der Waals surface area contributed by atoms with E-state index in [2.05, 4.69) is 20.3 Å². The van der Waals surface area contributed by atoms with Crippen molar-refractivity contribution >= 4 is 11.9 Å². The third-order valence-corrected chi connectivity index (χ3v) is 1.68. The number of aromatic nitrogens is 3. The van der Waals surface area contributed by atoms with Gasteiger partial charge in [0.1, 0.15) is 0 Å². The summed E-state index contributed by atoms with van der Waals surface area (Å²) >= 11 is 0. The molecule has 0 saturated carbocycles. The first-order valence-corrected chi connectivity index (χ1v) is 4.66. The molecule has 0 atom stereocenters. The molecule has 84 valence electrons. The Bertz CT molecular complexity index is 307. The van der Waals surface area contributed by atoms with Gasteiger partial charge in [0.25, 0.3) is 0 Å². The molecule has 1 aromatic heterocycles. The number of hydrogen-bond donors (Lipinski definition) is 3. The van der Waals surface area contributed by atoms with Crippen molar-refractivity contribution in [2.75, 3.05) is 31.3 Å². The summed E-state index contributed by atoms with van der Waals surface area (Å²) in [4.78, 5) is 11.6. The normalized spacial score (nSPS) is 10.0. The van der Waals surface area contributed by atoms with Crippen LogP contribution in [0.5, 0.6) is 6.01 Å². The van der Waals surface area contributed by atoms with Gasteiger partial charge in [0, 0.05) is 13.2 Å². The Kier molecular flexibility index (Phi) is 4.55. The summed E-state index contributed by atoms with van der Waals surface area (Å²) in [7, 11) is 1.46. The molecule has 4 N–H and O–H groups in total. The van der Waals surface area contributed by atoms with Crippen LogP contribution in [0.15, 0.2) is 0 Å². The fourth-order valence-electron chi connectivity index (χ4n) is 0.979. The zero-order valence-corrected chi connectivity index (χ0v) is 8.60. The van der Waals surface area contributed by atoms with Gasteiger partial charge in [-0.05, 0) is 12.8 Å². The fraction of sp³-hybridized carbons (Fsp3) is 0.625. The SMILES string of the molecule is COc1nc(N)nc(NCCCCO)n1. The highest BCUT2D eigenvalue weighted by atomic mass is 16.5. The highest BCUT2D eigenvalue weighted by Crippen LogP contribution is 2.07. The van der Waals surface area contributed by atoms with Crippen molar-refractivity contribution in [3.05, 3.63) is 0 Å². The molecule has 0 fully saturated rings. The number of nitrogens with one attached hydrogen (secondary N) is 1. The minimum absolute atomic E-state index is 0.117. The number of ether oxygens (including phenoxy) is 1. The molecule has 0 aromatic carbocycles. The lowest BCUT2D eigenvalue weighted by Gasteiger charge is -2.05. The maximum atomic E-state index is 8.58. The number of nitrogen functional groups attached to an aromatic ring is 1. The van der Waals surface area contributed by atoms with E-state index in [1.54, 1.807) is 0 Å². The lowest BCUT2D eigenvalue weighted by Crippen LogP contribution is -2.09. The lowest BCUT2D eigenvalue weighted by molar-refractivity contribution is 0.286. The monoisotopic (exact) mass is 213 g/mol. The summed E-state index contributed by atoms with van der Waals surface area (Å²) in [6.45, 7) is 0.859. The number of nitrogens with two attached hydrogens (primary N) is 1. The average Bonchev–Trinajstić information content (AvgIpc) is 2.23. The summed E-state index contributed by atoms with van der Waals surface area (Å²) < 4.78 is 4.84. The number of anilines is 2. The van der Waals surface area contributed by atoms with Crippen molar-refractivity contribution in [3.63, 3.8) is 0 Å². The van der Waals surface area contributed by atoms with E-state index in [-0.39, 0.29) is 18.6 Å². The zero-order chi connectivity index (χ0) is 11.1. The maximum Gasteiger partial charge on any atom is 0.322 e.